The van der Waals surface area contributed by atoms with Crippen molar-refractivity contribution in [2.24, 2.45) is 5.73 Å². The highest BCUT2D eigenvalue weighted by Crippen LogP contribution is 2.32. The van der Waals surface area contributed by atoms with Gasteiger partial charge in [0.25, 0.3) is 5.91 Å². The van der Waals surface area contributed by atoms with E-state index in [1.54, 1.807) is 74.3 Å². The zero-order valence-corrected chi connectivity index (χ0v) is 25.0. The number of halogens is 1. The summed E-state index contributed by atoms with van der Waals surface area (Å²) in [6.45, 7) is 5.95. The van der Waals surface area contributed by atoms with Crippen molar-refractivity contribution in [1.29, 1.82) is 0 Å². The molecule has 0 saturated carbocycles. The number of primary amides is 1. The average molecular weight is 611 g/mol. The number of carbonyl (C=O) groups excluding carboxylic acids is 3. The fourth-order valence-corrected chi connectivity index (χ4v) is 5.48. The molecule has 0 aliphatic carbocycles. The molecule has 0 bridgehead atoms. The van der Waals surface area contributed by atoms with Crippen LogP contribution in [0.15, 0.2) is 67.0 Å². The SMILES string of the molecule is CC(C)(C)OC(=O)N1CCC[C@@H](N(C(=O)c2ccc(-n3nnc4cccnc43)cc2F)c2nccc3cc(C(N)=O)ccc23)C1. The predicted octanol–water partition coefficient (Wildman–Crippen LogP) is 4.65. The van der Waals surface area contributed by atoms with Gasteiger partial charge in [-0.25, -0.2) is 19.2 Å². The summed E-state index contributed by atoms with van der Waals surface area (Å²) in [4.78, 5) is 51.1. The van der Waals surface area contributed by atoms with E-state index < -0.39 is 35.4 Å². The number of amides is 3. The smallest absolute Gasteiger partial charge is 0.410 e. The molecule has 1 atom stereocenters. The molecule has 2 aromatic carbocycles. The predicted molar refractivity (Wildman–Crippen MR) is 165 cm³/mol. The number of piperidine rings is 1. The average Bonchev–Trinajstić information content (AvgIpc) is 3.44. The second-order valence-electron chi connectivity index (χ2n) is 11.8. The summed E-state index contributed by atoms with van der Waals surface area (Å²) in [6.07, 6.45) is 3.71. The van der Waals surface area contributed by atoms with E-state index in [4.69, 9.17) is 10.5 Å². The largest absolute Gasteiger partial charge is 0.444 e. The number of pyridine rings is 2. The van der Waals surface area contributed by atoms with Gasteiger partial charge in [0, 0.05) is 42.5 Å². The Bertz CT molecular complexity index is 1950. The molecule has 1 aliphatic heterocycles. The highest BCUT2D eigenvalue weighted by molar-refractivity contribution is 6.11. The summed E-state index contributed by atoms with van der Waals surface area (Å²) < 4.78 is 22.9. The maximum atomic E-state index is 15.9. The van der Waals surface area contributed by atoms with E-state index in [0.29, 0.717) is 52.6 Å². The summed E-state index contributed by atoms with van der Waals surface area (Å²) in [5.41, 5.74) is 6.22. The second-order valence-corrected chi connectivity index (χ2v) is 11.8. The van der Waals surface area contributed by atoms with Crippen LogP contribution in [0.1, 0.15) is 54.3 Å². The molecular formula is C32H31FN8O4. The summed E-state index contributed by atoms with van der Waals surface area (Å²) in [5.74, 6) is -1.76. The Balaban J connectivity index is 1.42. The minimum absolute atomic E-state index is 0.147. The number of rotatable bonds is 5. The van der Waals surface area contributed by atoms with Crippen LogP contribution < -0.4 is 10.6 Å². The quantitative estimate of drug-likeness (QED) is 0.302. The number of carbonyl (C=O) groups is 3. The van der Waals surface area contributed by atoms with Gasteiger partial charge in [0.05, 0.1) is 17.3 Å². The topological polar surface area (TPSA) is 149 Å². The maximum absolute atomic E-state index is 15.9. The van der Waals surface area contributed by atoms with Crippen LogP contribution in [0.2, 0.25) is 0 Å². The van der Waals surface area contributed by atoms with Crippen molar-refractivity contribution < 1.29 is 23.5 Å². The highest BCUT2D eigenvalue weighted by atomic mass is 19.1. The minimum atomic E-state index is -0.779. The number of benzene rings is 2. The second kappa shape index (κ2) is 11.6. The van der Waals surface area contributed by atoms with Crippen LogP contribution in [0.5, 0.6) is 0 Å². The monoisotopic (exact) mass is 610 g/mol. The van der Waals surface area contributed by atoms with Gasteiger partial charge in [0.2, 0.25) is 5.91 Å². The van der Waals surface area contributed by atoms with Gasteiger partial charge in [-0.3, -0.25) is 14.5 Å². The van der Waals surface area contributed by atoms with Crippen LogP contribution in [0.4, 0.5) is 15.0 Å². The van der Waals surface area contributed by atoms with Crippen LogP contribution in [0.3, 0.4) is 0 Å². The highest BCUT2D eigenvalue weighted by Gasteiger charge is 2.36. The Hall–Kier alpha value is -5.46. The van der Waals surface area contributed by atoms with E-state index in [1.165, 1.54) is 27.9 Å². The third-order valence-electron chi connectivity index (χ3n) is 7.52. The van der Waals surface area contributed by atoms with Crippen LogP contribution in [0, 0.1) is 5.82 Å². The van der Waals surface area contributed by atoms with E-state index >= 15 is 4.39 Å². The molecule has 1 fully saturated rings. The Morgan fingerprint density at radius 1 is 1.04 bits per heavy atom. The number of nitrogens with two attached hydrogens (primary N) is 1. The number of hydrogen-bond donors (Lipinski definition) is 1. The van der Waals surface area contributed by atoms with Gasteiger partial charge in [-0.2, -0.15) is 4.68 Å². The molecule has 6 rings (SSSR count). The Morgan fingerprint density at radius 2 is 1.87 bits per heavy atom. The molecule has 1 saturated heterocycles. The number of hydrogen-bond acceptors (Lipinski definition) is 8. The molecule has 0 radical (unpaired) electrons. The molecule has 1 aliphatic rings. The summed E-state index contributed by atoms with van der Waals surface area (Å²) >= 11 is 0. The zero-order valence-electron chi connectivity index (χ0n) is 25.0. The lowest BCUT2D eigenvalue weighted by Crippen LogP contribution is -2.53. The Morgan fingerprint density at radius 3 is 2.62 bits per heavy atom. The molecule has 3 aromatic heterocycles. The lowest BCUT2D eigenvalue weighted by molar-refractivity contribution is 0.0196. The van der Waals surface area contributed by atoms with Gasteiger partial charge in [-0.1, -0.05) is 5.21 Å². The molecule has 230 valence electrons. The van der Waals surface area contributed by atoms with E-state index in [-0.39, 0.29) is 17.9 Å². The lowest BCUT2D eigenvalue weighted by Gasteiger charge is -2.39. The molecule has 0 spiro atoms. The van der Waals surface area contributed by atoms with Crippen molar-refractivity contribution in [3.05, 3.63) is 83.9 Å². The first kappa shape index (κ1) is 29.6. The lowest BCUT2D eigenvalue weighted by atomic mass is 10.0. The normalized spacial score (nSPS) is 15.3. The Kier molecular flexibility index (Phi) is 7.61. The van der Waals surface area contributed by atoms with E-state index in [9.17, 15) is 14.4 Å². The molecular weight excluding hydrogens is 579 g/mol. The number of ether oxygens (including phenoxy) is 1. The van der Waals surface area contributed by atoms with Crippen molar-refractivity contribution in [1.82, 2.24) is 29.9 Å². The number of aromatic nitrogens is 5. The molecule has 2 N–H and O–H groups in total. The van der Waals surface area contributed by atoms with Crippen LogP contribution in [0.25, 0.3) is 27.6 Å². The summed E-state index contributed by atoms with van der Waals surface area (Å²) in [5, 5.41) is 9.34. The standard InChI is InChI=1S/C32H31FN8O4/c1-32(2,3)45-31(44)39-15-5-6-22(18-39)40(28-23-10-8-20(27(34)42)16-19(23)12-14-36-28)30(43)24-11-9-21(17-25(24)33)41-29-26(37-38-41)7-4-13-35-29/h4,7-14,16-17,22H,5-6,15,18H2,1-3H3,(H2,34,42)/t22-/m1/s1. The van der Waals surface area contributed by atoms with Crippen LogP contribution in [-0.2, 0) is 4.74 Å². The third kappa shape index (κ3) is 5.88. The maximum Gasteiger partial charge on any atom is 0.410 e. The molecule has 13 heteroatoms. The molecule has 45 heavy (non-hydrogen) atoms. The van der Waals surface area contributed by atoms with E-state index in [2.05, 4.69) is 20.3 Å². The van der Waals surface area contributed by atoms with Gasteiger partial charge in [-0.15, -0.1) is 5.10 Å². The van der Waals surface area contributed by atoms with Crippen molar-refractivity contribution in [3.8, 4) is 5.69 Å². The molecule has 12 nitrogen and oxygen atoms in total. The van der Waals surface area contributed by atoms with Crippen molar-refractivity contribution in [2.45, 2.75) is 45.3 Å². The van der Waals surface area contributed by atoms with Crippen LogP contribution in [-0.4, -0.2) is 72.5 Å². The third-order valence-corrected chi connectivity index (χ3v) is 7.52. The summed E-state index contributed by atoms with van der Waals surface area (Å²) in [7, 11) is 0. The van der Waals surface area contributed by atoms with E-state index in [0.717, 1.165) is 0 Å². The fourth-order valence-electron chi connectivity index (χ4n) is 5.48. The number of likely N-dealkylation sites (tertiary alicyclic amines) is 1. The van der Waals surface area contributed by atoms with Gasteiger partial charge < -0.3 is 15.4 Å². The number of anilines is 1. The molecule has 4 heterocycles. The first-order chi connectivity index (χ1) is 21.5. The van der Waals surface area contributed by atoms with Gasteiger partial charge in [0.15, 0.2) is 5.65 Å². The molecule has 5 aromatic rings. The zero-order chi connectivity index (χ0) is 31.9. The first-order valence-corrected chi connectivity index (χ1v) is 14.5. The number of fused-ring (bicyclic) bond motifs is 2. The minimum Gasteiger partial charge on any atom is -0.444 e. The van der Waals surface area contributed by atoms with Crippen molar-refractivity contribution >= 4 is 45.7 Å². The van der Waals surface area contributed by atoms with Gasteiger partial charge in [-0.05, 0) is 87.5 Å². The number of nitrogens with zero attached hydrogens (tertiary/aromatic N) is 7. The van der Waals surface area contributed by atoms with E-state index in [1.807, 2.05) is 0 Å². The van der Waals surface area contributed by atoms with Gasteiger partial charge >= 0.3 is 6.09 Å². The summed E-state index contributed by atoms with van der Waals surface area (Å²) in [6, 6.07) is 13.6. The Labute approximate surface area is 257 Å². The molecule has 3 amide bonds. The fraction of sp³-hybridized carbons (Fsp3) is 0.281. The molecule has 0 unspecified atom stereocenters. The van der Waals surface area contributed by atoms with Crippen molar-refractivity contribution in [2.75, 3.05) is 18.0 Å². The first-order valence-electron chi connectivity index (χ1n) is 14.5. The van der Waals surface area contributed by atoms with Crippen molar-refractivity contribution in [3.63, 3.8) is 0 Å². The van der Waals surface area contributed by atoms with Gasteiger partial charge in [0.1, 0.15) is 22.8 Å². The van der Waals surface area contributed by atoms with Crippen LogP contribution >= 0.6 is 0 Å².